The fourth-order valence-corrected chi connectivity index (χ4v) is 3.01. The number of anilines is 1. The maximum absolute atomic E-state index is 12.5. The number of halogens is 3. The highest BCUT2D eigenvalue weighted by Gasteiger charge is 2.27. The fourth-order valence-electron chi connectivity index (χ4n) is 3.01. The van der Waals surface area contributed by atoms with Crippen LogP contribution in [0.5, 0.6) is 0 Å². The van der Waals surface area contributed by atoms with Gasteiger partial charge in [0, 0.05) is 29.6 Å². The molecule has 1 amide bonds. The molecule has 9 heteroatoms. The summed E-state index contributed by atoms with van der Waals surface area (Å²) >= 11 is 0. The molecule has 0 spiro atoms. The molecule has 1 aromatic carbocycles. The van der Waals surface area contributed by atoms with E-state index >= 15 is 0 Å². The van der Waals surface area contributed by atoms with Gasteiger partial charge in [-0.15, -0.1) is 0 Å². The van der Waals surface area contributed by atoms with E-state index in [1.807, 2.05) is 19.1 Å². The Morgan fingerprint density at radius 1 is 1.29 bits per heavy atom. The first-order valence-electron chi connectivity index (χ1n) is 8.86. The number of carbonyl (C=O) groups excluding carboxylic acids is 1. The van der Waals surface area contributed by atoms with Crippen molar-refractivity contribution in [1.29, 1.82) is 0 Å². The molecule has 2 heterocycles. The summed E-state index contributed by atoms with van der Waals surface area (Å²) in [6.07, 6.45) is 2.32. The smallest absolute Gasteiger partial charge is 0.358 e. The summed E-state index contributed by atoms with van der Waals surface area (Å²) in [6.45, 7) is 0.665. The maximum atomic E-state index is 12.5. The fraction of sp³-hybridized carbons (Fsp3) is 0.316. The van der Waals surface area contributed by atoms with Crippen LogP contribution in [-0.2, 0) is 0 Å². The number of nitrogens with one attached hydrogen (secondary N) is 2. The number of fused-ring (bicyclic) bond motifs is 1. The van der Waals surface area contributed by atoms with E-state index in [0.29, 0.717) is 16.9 Å². The number of hydrogen-bond acceptors (Lipinski definition) is 4. The third kappa shape index (κ3) is 3.78. The van der Waals surface area contributed by atoms with Gasteiger partial charge in [0.05, 0.1) is 11.9 Å². The quantitative estimate of drug-likeness (QED) is 0.700. The second-order valence-corrected chi connectivity index (χ2v) is 6.86. The van der Waals surface area contributed by atoms with Crippen molar-refractivity contribution in [3.63, 3.8) is 0 Å². The van der Waals surface area contributed by atoms with Crippen molar-refractivity contribution < 1.29 is 18.0 Å². The standard InChI is InChI=1S/C19H18F3N5O/c1-11-8-12(2-5-14(11)18(28)26-13-3-4-13)15-9-24-17-16(23-6-7-27(15)17)25-10-19(20,21)22/h2,5-9,13H,3-4,10H2,1H3,(H,23,25)(H,26,28). The van der Waals surface area contributed by atoms with Gasteiger partial charge < -0.3 is 10.6 Å². The first-order valence-corrected chi connectivity index (χ1v) is 8.86. The highest BCUT2D eigenvalue weighted by atomic mass is 19.4. The molecule has 0 atom stereocenters. The van der Waals surface area contributed by atoms with E-state index in [1.54, 1.807) is 22.9 Å². The number of aryl methyl sites for hydroxylation is 1. The normalized spacial score (nSPS) is 14.3. The van der Waals surface area contributed by atoms with Gasteiger partial charge >= 0.3 is 6.18 Å². The van der Waals surface area contributed by atoms with Gasteiger partial charge in [0.15, 0.2) is 11.5 Å². The van der Waals surface area contributed by atoms with E-state index in [9.17, 15) is 18.0 Å². The number of alkyl halides is 3. The van der Waals surface area contributed by atoms with Crippen molar-refractivity contribution in [2.75, 3.05) is 11.9 Å². The molecule has 0 radical (unpaired) electrons. The largest absolute Gasteiger partial charge is 0.405 e. The van der Waals surface area contributed by atoms with Crippen LogP contribution in [0.2, 0.25) is 0 Å². The van der Waals surface area contributed by atoms with Crippen molar-refractivity contribution in [3.8, 4) is 11.3 Å². The van der Waals surface area contributed by atoms with E-state index < -0.39 is 12.7 Å². The van der Waals surface area contributed by atoms with E-state index in [4.69, 9.17) is 0 Å². The predicted molar refractivity (Wildman–Crippen MR) is 98.2 cm³/mol. The molecule has 0 unspecified atom stereocenters. The Hall–Kier alpha value is -3.10. The van der Waals surface area contributed by atoms with Crippen LogP contribution in [0.25, 0.3) is 16.9 Å². The van der Waals surface area contributed by atoms with Gasteiger partial charge in [-0.3, -0.25) is 9.20 Å². The molecule has 0 aliphatic heterocycles. The van der Waals surface area contributed by atoms with Crippen LogP contribution in [0.1, 0.15) is 28.8 Å². The second kappa shape index (κ2) is 6.81. The van der Waals surface area contributed by atoms with Crippen LogP contribution < -0.4 is 10.6 Å². The number of rotatable bonds is 5. The summed E-state index contributed by atoms with van der Waals surface area (Å²) in [7, 11) is 0. The molecule has 2 N–H and O–H groups in total. The third-order valence-corrected chi connectivity index (χ3v) is 4.56. The summed E-state index contributed by atoms with van der Waals surface area (Å²) in [5, 5.41) is 5.24. The summed E-state index contributed by atoms with van der Waals surface area (Å²) in [4.78, 5) is 20.5. The topological polar surface area (TPSA) is 71.3 Å². The lowest BCUT2D eigenvalue weighted by molar-refractivity contribution is -0.115. The highest BCUT2D eigenvalue weighted by molar-refractivity contribution is 5.96. The van der Waals surface area contributed by atoms with Gasteiger partial charge in [-0.1, -0.05) is 6.07 Å². The first kappa shape index (κ1) is 18.3. The van der Waals surface area contributed by atoms with Crippen LogP contribution >= 0.6 is 0 Å². The minimum atomic E-state index is -4.35. The molecule has 0 saturated heterocycles. The van der Waals surface area contributed by atoms with Gasteiger partial charge in [-0.25, -0.2) is 9.97 Å². The van der Waals surface area contributed by atoms with E-state index in [-0.39, 0.29) is 17.8 Å². The van der Waals surface area contributed by atoms with Gasteiger partial charge in [0.25, 0.3) is 5.91 Å². The molecular weight excluding hydrogens is 371 g/mol. The SMILES string of the molecule is Cc1cc(-c2cnc3c(NCC(F)(F)F)nccn23)ccc1C(=O)NC1CC1. The van der Waals surface area contributed by atoms with Crippen molar-refractivity contribution in [2.45, 2.75) is 32.0 Å². The molecule has 4 rings (SSSR count). The Bertz CT molecular complexity index is 1040. The molecule has 1 fully saturated rings. The van der Waals surface area contributed by atoms with Crippen molar-refractivity contribution in [1.82, 2.24) is 19.7 Å². The number of amides is 1. The Morgan fingerprint density at radius 2 is 2.07 bits per heavy atom. The zero-order valence-corrected chi connectivity index (χ0v) is 15.0. The first-order chi connectivity index (χ1) is 13.3. The number of nitrogens with zero attached hydrogens (tertiary/aromatic N) is 3. The molecule has 28 heavy (non-hydrogen) atoms. The van der Waals surface area contributed by atoms with Crippen molar-refractivity contribution >= 4 is 17.4 Å². The monoisotopic (exact) mass is 389 g/mol. The highest BCUT2D eigenvalue weighted by Crippen LogP contribution is 2.27. The van der Waals surface area contributed by atoms with Gasteiger partial charge in [0.1, 0.15) is 6.54 Å². The second-order valence-electron chi connectivity index (χ2n) is 6.86. The molecule has 0 bridgehead atoms. The summed E-state index contributed by atoms with van der Waals surface area (Å²) in [5.41, 5.74) is 3.23. The van der Waals surface area contributed by atoms with E-state index in [2.05, 4.69) is 20.6 Å². The summed E-state index contributed by atoms with van der Waals surface area (Å²) in [5.74, 6) is -0.0317. The molecule has 1 saturated carbocycles. The van der Waals surface area contributed by atoms with Gasteiger partial charge in [-0.2, -0.15) is 13.2 Å². The average Bonchev–Trinajstić information content (AvgIpc) is 3.34. The minimum absolute atomic E-state index is 0.0585. The van der Waals surface area contributed by atoms with Crippen LogP contribution in [-0.4, -0.2) is 39.0 Å². The zero-order chi connectivity index (χ0) is 19.9. The van der Waals surface area contributed by atoms with Crippen LogP contribution in [0, 0.1) is 6.92 Å². The van der Waals surface area contributed by atoms with Gasteiger partial charge in [-0.05, 0) is 37.5 Å². The molecule has 146 valence electrons. The van der Waals surface area contributed by atoms with Crippen molar-refractivity contribution in [2.24, 2.45) is 0 Å². The summed E-state index contributed by atoms with van der Waals surface area (Å²) < 4.78 is 39.1. The Kier molecular flexibility index (Phi) is 4.44. The van der Waals surface area contributed by atoms with Gasteiger partial charge in [0.2, 0.25) is 0 Å². The molecular formula is C19H18F3N5O. The summed E-state index contributed by atoms with van der Waals surface area (Å²) in [6, 6.07) is 5.71. The van der Waals surface area contributed by atoms with E-state index in [1.165, 1.54) is 6.20 Å². The lowest BCUT2D eigenvalue weighted by Crippen LogP contribution is -2.26. The van der Waals surface area contributed by atoms with Crippen molar-refractivity contribution in [3.05, 3.63) is 47.9 Å². The number of hydrogen-bond donors (Lipinski definition) is 2. The lowest BCUT2D eigenvalue weighted by atomic mass is 10.0. The number of aromatic nitrogens is 3. The Morgan fingerprint density at radius 3 is 2.75 bits per heavy atom. The van der Waals surface area contributed by atoms with Crippen LogP contribution in [0.3, 0.4) is 0 Å². The molecule has 3 aromatic rings. The number of imidazole rings is 1. The molecule has 1 aliphatic carbocycles. The predicted octanol–water partition coefficient (Wildman–Crippen LogP) is 3.57. The van der Waals surface area contributed by atoms with E-state index in [0.717, 1.165) is 24.0 Å². The third-order valence-electron chi connectivity index (χ3n) is 4.56. The minimum Gasteiger partial charge on any atom is -0.358 e. The van der Waals surface area contributed by atoms with Crippen LogP contribution in [0.15, 0.2) is 36.8 Å². The molecule has 1 aliphatic rings. The molecule has 2 aromatic heterocycles. The average molecular weight is 389 g/mol. The Balaban J connectivity index is 1.64. The zero-order valence-electron chi connectivity index (χ0n) is 15.0. The van der Waals surface area contributed by atoms with Crippen LogP contribution in [0.4, 0.5) is 19.0 Å². The number of carbonyl (C=O) groups is 1. The number of benzene rings is 1. The molecule has 6 nitrogen and oxygen atoms in total. The lowest BCUT2D eigenvalue weighted by Gasteiger charge is -2.11. The maximum Gasteiger partial charge on any atom is 0.405 e. The Labute approximate surface area is 158 Å².